The van der Waals surface area contributed by atoms with Gasteiger partial charge < -0.3 is 15.4 Å². The molecule has 86 valence electrons. The number of morpholine rings is 1. The second-order valence-electron chi connectivity index (χ2n) is 3.97. The number of nitrogens with two attached hydrogens (primary N) is 1. The molecule has 0 spiro atoms. The summed E-state index contributed by atoms with van der Waals surface area (Å²) in [6.45, 7) is 4.39. The Balaban J connectivity index is 2.30. The first-order chi connectivity index (χ1) is 7.09. The van der Waals surface area contributed by atoms with E-state index in [9.17, 15) is 9.59 Å². The summed E-state index contributed by atoms with van der Waals surface area (Å²) in [6, 6.07) is 0. The second-order valence-corrected chi connectivity index (χ2v) is 3.97. The van der Waals surface area contributed by atoms with Crippen LogP contribution in [0.15, 0.2) is 0 Å². The lowest BCUT2D eigenvalue weighted by Crippen LogP contribution is -2.41. The molecule has 2 amide bonds. The third kappa shape index (κ3) is 4.29. The molecule has 1 saturated heterocycles. The zero-order chi connectivity index (χ0) is 11.3. The Morgan fingerprint density at radius 1 is 1.33 bits per heavy atom. The maximum Gasteiger partial charge on any atom is 0.223 e. The van der Waals surface area contributed by atoms with E-state index in [1.54, 1.807) is 4.90 Å². The fourth-order valence-electron chi connectivity index (χ4n) is 1.66. The molecule has 0 unspecified atom stereocenters. The van der Waals surface area contributed by atoms with E-state index < -0.39 is 0 Å². The molecule has 0 aromatic carbocycles. The molecule has 0 aliphatic carbocycles. The lowest BCUT2D eigenvalue weighted by molar-refractivity contribution is -0.136. The van der Waals surface area contributed by atoms with Crippen LogP contribution >= 0.6 is 0 Å². The first-order valence-corrected chi connectivity index (χ1v) is 5.23. The van der Waals surface area contributed by atoms with Gasteiger partial charge in [0.15, 0.2) is 0 Å². The van der Waals surface area contributed by atoms with Crippen LogP contribution in [0.2, 0.25) is 0 Å². The predicted octanol–water partition coefficient (Wildman–Crippen LogP) is -0.253. The Hall–Kier alpha value is -1.10. The normalized spacial score (nSPS) is 18.6. The molecule has 5 heteroatoms. The van der Waals surface area contributed by atoms with Crippen molar-refractivity contribution in [3.63, 3.8) is 0 Å². The minimum Gasteiger partial charge on any atom is -0.378 e. The zero-order valence-electron chi connectivity index (χ0n) is 9.07. The quantitative estimate of drug-likeness (QED) is 0.701. The second kappa shape index (κ2) is 5.70. The van der Waals surface area contributed by atoms with Gasteiger partial charge in [-0.25, -0.2) is 0 Å². The maximum absolute atomic E-state index is 11.7. The van der Waals surface area contributed by atoms with Gasteiger partial charge in [-0.3, -0.25) is 9.59 Å². The fraction of sp³-hybridized carbons (Fsp3) is 0.800. The van der Waals surface area contributed by atoms with Gasteiger partial charge in [-0.1, -0.05) is 6.92 Å². The van der Waals surface area contributed by atoms with Crippen LogP contribution in [0.5, 0.6) is 0 Å². The van der Waals surface area contributed by atoms with E-state index in [4.69, 9.17) is 10.5 Å². The Morgan fingerprint density at radius 2 is 1.93 bits per heavy atom. The van der Waals surface area contributed by atoms with Crippen molar-refractivity contribution in [2.24, 2.45) is 11.7 Å². The fourth-order valence-corrected chi connectivity index (χ4v) is 1.66. The van der Waals surface area contributed by atoms with Crippen LogP contribution < -0.4 is 5.73 Å². The first kappa shape index (κ1) is 12.0. The molecular formula is C10H18N2O3. The van der Waals surface area contributed by atoms with Gasteiger partial charge in [0.1, 0.15) is 0 Å². The van der Waals surface area contributed by atoms with Crippen LogP contribution in [0.1, 0.15) is 19.8 Å². The highest BCUT2D eigenvalue weighted by Crippen LogP contribution is 2.10. The molecule has 0 radical (unpaired) electrons. The van der Waals surface area contributed by atoms with Gasteiger partial charge in [0.25, 0.3) is 0 Å². The zero-order valence-corrected chi connectivity index (χ0v) is 9.07. The minimum atomic E-state index is -0.350. The number of carbonyl (C=O) groups excluding carboxylic acids is 2. The molecule has 0 bridgehead atoms. The van der Waals surface area contributed by atoms with Gasteiger partial charge in [0, 0.05) is 25.9 Å². The summed E-state index contributed by atoms with van der Waals surface area (Å²) >= 11 is 0. The summed E-state index contributed by atoms with van der Waals surface area (Å²) in [5.74, 6) is -0.234. The van der Waals surface area contributed by atoms with Crippen molar-refractivity contribution in [3.8, 4) is 0 Å². The highest BCUT2D eigenvalue weighted by Gasteiger charge is 2.19. The number of nitrogens with zero attached hydrogens (tertiary/aromatic N) is 1. The largest absolute Gasteiger partial charge is 0.378 e. The van der Waals surface area contributed by atoms with Crippen molar-refractivity contribution < 1.29 is 14.3 Å². The minimum absolute atomic E-state index is 0.0258. The number of amides is 2. The summed E-state index contributed by atoms with van der Waals surface area (Å²) in [4.78, 5) is 24.1. The topological polar surface area (TPSA) is 72.6 Å². The van der Waals surface area contributed by atoms with Crippen LogP contribution in [0.3, 0.4) is 0 Å². The maximum atomic E-state index is 11.7. The van der Waals surface area contributed by atoms with E-state index in [0.29, 0.717) is 32.7 Å². The molecule has 1 aliphatic rings. The molecule has 1 atom stereocenters. The SMILES string of the molecule is C[C@H](CC(N)=O)CC(=O)N1CCOCC1. The predicted molar refractivity (Wildman–Crippen MR) is 55.0 cm³/mol. The summed E-state index contributed by atoms with van der Waals surface area (Å²) in [5.41, 5.74) is 5.06. The molecule has 15 heavy (non-hydrogen) atoms. The van der Waals surface area contributed by atoms with Crippen LogP contribution in [0.4, 0.5) is 0 Å². The van der Waals surface area contributed by atoms with Gasteiger partial charge in [-0.2, -0.15) is 0 Å². The summed E-state index contributed by atoms with van der Waals surface area (Å²) in [5, 5.41) is 0. The van der Waals surface area contributed by atoms with Gasteiger partial charge >= 0.3 is 0 Å². The van der Waals surface area contributed by atoms with Crippen LogP contribution in [-0.4, -0.2) is 43.0 Å². The number of ether oxygens (including phenoxy) is 1. The summed E-state index contributed by atoms with van der Waals surface area (Å²) in [6.07, 6.45) is 0.666. The van der Waals surface area contributed by atoms with Gasteiger partial charge in [-0.15, -0.1) is 0 Å². The number of hydrogen-bond donors (Lipinski definition) is 1. The standard InChI is InChI=1S/C10H18N2O3/c1-8(6-9(11)13)7-10(14)12-2-4-15-5-3-12/h8H,2-7H2,1H3,(H2,11,13)/t8-/m1/s1. The van der Waals surface area contributed by atoms with Crippen molar-refractivity contribution in [1.29, 1.82) is 0 Å². The molecule has 5 nitrogen and oxygen atoms in total. The van der Waals surface area contributed by atoms with E-state index in [1.165, 1.54) is 0 Å². The molecular weight excluding hydrogens is 196 g/mol. The molecule has 0 saturated carbocycles. The number of primary amides is 1. The summed E-state index contributed by atoms with van der Waals surface area (Å²) < 4.78 is 5.15. The monoisotopic (exact) mass is 214 g/mol. The van der Waals surface area contributed by atoms with E-state index in [1.807, 2.05) is 6.92 Å². The van der Waals surface area contributed by atoms with Gasteiger partial charge in [-0.05, 0) is 5.92 Å². The first-order valence-electron chi connectivity index (χ1n) is 5.23. The smallest absolute Gasteiger partial charge is 0.223 e. The third-order valence-electron chi connectivity index (χ3n) is 2.44. The number of rotatable bonds is 4. The van der Waals surface area contributed by atoms with E-state index in [-0.39, 0.29) is 24.2 Å². The van der Waals surface area contributed by atoms with Crippen LogP contribution in [-0.2, 0) is 14.3 Å². The molecule has 1 rings (SSSR count). The molecule has 1 heterocycles. The van der Waals surface area contributed by atoms with E-state index >= 15 is 0 Å². The Bertz CT molecular complexity index is 237. The highest BCUT2D eigenvalue weighted by molar-refractivity contribution is 5.78. The molecule has 0 aromatic heterocycles. The van der Waals surface area contributed by atoms with E-state index in [2.05, 4.69) is 0 Å². The van der Waals surface area contributed by atoms with Crippen LogP contribution in [0, 0.1) is 5.92 Å². The van der Waals surface area contributed by atoms with Crippen molar-refractivity contribution in [2.75, 3.05) is 26.3 Å². The van der Waals surface area contributed by atoms with Crippen LogP contribution in [0.25, 0.3) is 0 Å². The highest BCUT2D eigenvalue weighted by atomic mass is 16.5. The average Bonchev–Trinajstić information content (AvgIpc) is 2.17. The van der Waals surface area contributed by atoms with Crippen molar-refractivity contribution in [2.45, 2.75) is 19.8 Å². The lowest BCUT2D eigenvalue weighted by atomic mass is 10.0. The van der Waals surface area contributed by atoms with Gasteiger partial charge in [0.05, 0.1) is 13.2 Å². The average molecular weight is 214 g/mol. The van der Waals surface area contributed by atoms with E-state index in [0.717, 1.165) is 0 Å². The van der Waals surface area contributed by atoms with Crippen molar-refractivity contribution in [1.82, 2.24) is 4.90 Å². The third-order valence-corrected chi connectivity index (χ3v) is 2.44. The van der Waals surface area contributed by atoms with Gasteiger partial charge in [0.2, 0.25) is 11.8 Å². The Morgan fingerprint density at radius 3 is 2.47 bits per heavy atom. The lowest BCUT2D eigenvalue weighted by Gasteiger charge is -2.27. The number of hydrogen-bond acceptors (Lipinski definition) is 3. The Labute approximate surface area is 89.6 Å². The van der Waals surface area contributed by atoms with Crippen molar-refractivity contribution in [3.05, 3.63) is 0 Å². The molecule has 1 aliphatic heterocycles. The number of carbonyl (C=O) groups is 2. The molecule has 2 N–H and O–H groups in total. The molecule has 1 fully saturated rings. The van der Waals surface area contributed by atoms with Crippen molar-refractivity contribution >= 4 is 11.8 Å². The molecule has 0 aromatic rings. The summed E-state index contributed by atoms with van der Waals surface area (Å²) in [7, 11) is 0. The Kier molecular flexibility index (Phi) is 4.55.